The molecular formula is C20H31N3O2S. The van der Waals surface area contributed by atoms with Gasteiger partial charge in [0.1, 0.15) is 4.90 Å². The van der Waals surface area contributed by atoms with Crippen LogP contribution in [0, 0.1) is 19.8 Å². The van der Waals surface area contributed by atoms with Gasteiger partial charge in [0.25, 0.3) is 0 Å². The number of pyridine rings is 1. The van der Waals surface area contributed by atoms with Gasteiger partial charge < -0.3 is 4.90 Å². The van der Waals surface area contributed by atoms with Gasteiger partial charge in [-0.25, -0.2) is 8.42 Å². The van der Waals surface area contributed by atoms with Crippen molar-refractivity contribution in [1.29, 1.82) is 0 Å². The number of rotatable bonds is 3. The third kappa shape index (κ3) is 3.20. The van der Waals surface area contributed by atoms with Crippen molar-refractivity contribution in [3.63, 3.8) is 0 Å². The molecule has 4 heterocycles. The number of aromatic nitrogens is 1. The maximum absolute atomic E-state index is 13.4. The zero-order chi connectivity index (χ0) is 18.5. The van der Waals surface area contributed by atoms with Crippen LogP contribution in [0.1, 0.15) is 56.8 Å². The first kappa shape index (κ1) is 18.4. The van der Waals surface area contributed by atoms with E-state index < -0.39 is 10.0 Å². The average molecular weight is 378 g/mol. The van der Waals surface area contributed by atoms with Gasteiger partial charge >= 0.3 is 0 Å². The van der Waals surface area contributed by atoms with Crippen LogP contribution in [-0.2, 0) is 10.0 Å². The second-order valence-corrected chi connectivity index (χ2v) is 10.4. The van der Waals surface area contributed by atoms with Gasteiger partial charge in [0.15, 0.2) is 0 Å². The monoisotopic (exact) mass is 377 g/mol. The van der Waals surface area contributed by atoms with E-state index >= 15 is 0 Å². The SMILES string of the molecule is Cc1ccc(S(=O)(=O)N2C3CCC2CC(N2CCC(C)CC2)C3)c(C)n1. The van der Waals surface area contributed by atoms with Crippen molar-refractivity contribution in [3.8, 4) is 0 Å². The fourth-order valence-electron chi connectivity index (χ4n) is 5.25. The largest absolute Gasteiger partial charge is 0.300 e. The number of hydrogen-bond donors (Lipinski definition) is 0. The van der Waals surface area contributed by atoms with Gasteiger partial charge in [-0.15, -0.1) is 0 Å². The van der Waals surface area contributed by atoms with Crippen LogP contribution in [0.4, 0.5) is 0 Å². The molecule has 3 aliphatic rings. The molecule has 1 aromatic rings. The Labute approximate surface area is 157 Å². The highest BCUT2D eigenvalue weighted by molar-refractivity contribution is 7.89. The average Bonchev–Trinajstić information content (AvgIpc) is 2.87. The van der Waals surface area contributed by atoms with Crippen molar-refractivity contribution in [2.24, 2.45) is 5.92 Å². The minimum Gasteiger partial charge on any atom is -0.300 e. The molecule has 2 atom stereocenters. The summed E-state index contributed by atoms with van der Waals surface area (Å²) in [5.41, 5.74) is 1.49. The smallest absolute Gasteiger partial charge is 0.245 e. The molecule has 6 heteroatoms. The Morgan fingerprint density at radius 2 is 1.58 bits per heavy atom. The number of piperidine rings is 2. The molecule has 0 N–H and O–H groups in total. The molecule has 0 radical (unpaired) electrons. The molecule has 0 aliphatic carbocycles. The maximum atomic E-state index is 13.4. The standard InChI is InChI=1S/C20H31N3O2S/c1-14-8-10-22(11-9-14)19-12-17-5-6-18(13-19)23(17)26(24,25)20-7-4-15(2)21-16(20)3/h4,7,14,17-19H,5-6,8-13H2,1-3H3. The molecule has 2 unspecified atom stereocenters. The van der Waals surface area contributed by atoms with Crippen LogP contribution in [0.2, 0.25) is 0 Å². The van der Waals surface area contributed by atoms with Gasteiger partial charge in [-0.05, 0) is 83.5 Å². The third-order valence-electron chi connectivity index (χ3n) is 6.71. The second kappa shape index (κ2) is 6.88. The molecule has 0 amide bonds. The fraction of sp³-hybridized carbons (Fsp3) is 0.750. The van der Waals surface area contributed by atoms with Gasteiger partial charge in [0.05, 0.1) is 5.69 Å². The third-order valence-corrected chi connectivity index (χ3v) is 8.85. The normalized spacial score (nSPS) is 31.4. The predicted octanol–water partition coefficient (Wildman–Crippen LogP) is 3.11. The van der Waals surface area contributed by atoms with E-state index in [9.17, 15) is 8.42 Å². The summed E-state index contributed by atoms with van der Waals surface area (Å²) in [7, 11) is -3.46. The minimum absolute atomic E-state index is 0.156. The van der Waals surface area contributed by atoms with Crippen molar-refractivity contribution in [2.45, 2.75) is 82.3 Å². The molecule has 4 rings (SSSR count). The molecule has 3 saturated heterocycles. The first-order chi connectivity index (χ1) is 12.4. The van der Waals surface area contributed by atoms with Crippen LogP contribution in [0.15, 0.2) is 17.0 Å². The molecule has 2 bridgehead atoms. The van der Waals surface area contributed by atoms with E-state index in [1.54, 1.807) is 6.07 Å². The summed E-state index contributed by atoms with van der Waals surface area (Å²) in [6.07, 6.45) is 6.54. The van der Waals surface area contributed by atoms with Crippen LogP contribution in [-0.4, -0.2) is 53.8 Å². The highest BCUT2D eigenvalue weighted by atomic mass is 32.2. The van der Waals surface area contributed by atoms with Crippen LogP contribution in [0.25, 0.3) is 0 Å². The summed E-state index contributed by atoms with van der Waals surface area (Å²) in [5, 5.41) is 0. The number of fused-ring (bicyclic) bond motifs is 2. The first-order valence-electron chi connectivity index (χ1n) is 10.1. The van der Waals surface area contributed by atoms with Gasteiger partial charge in [-0.3, -0.25) is 4.98 Å². The Balaban J connectivity index is 1.54. The molecule has 0 saturated carbocycles. The highest BCUT2D eigenvalue weighted by Gasteiger charge is 2.48. The highest BCUT2D eigenvalue weighted by Crippen LogP contribution is 2.42. The molecule has 3 aliphatic heterocycles. The summed E-state index contributed by atoms with van der Waals surface area (Å²) < 4.78 is 28.6. The number of hydrogen-bond acceptors (Lipinski definition) is 4. The molecule has 144 valence electrons. The first-order valence-corrected chi connectivity index (χ1v) is 11.5. The Morgan fingerprint density at radius 1 is 0.962 bits per heavy atom. The van der Waals surface area contributed by atoms with E-state index in [2.05, 4.69) is 16.8 Å². The van der Waals surface area contributed by atoms with E-state index in [1.807, 2.05) is 24.2 Å². The lowest BCUT2D eigenvalue weighted by Crippen LogP contribution is -2.53. The summed E-state index contributed by atoms with van der Waals surface area (Å²) >= 11 is 0. The lowest BCUT2D eigenvalue weighted by molar-refractivity contribution is 0.0759. The van der Waals surface area contributed by atoms with Crippen molar-refractivity contribution in [3.05, 3.63) is 23.5 Å². The number of aryl methyl sites for hydroxylation is 2. The summed E-state index contributed by atoms with van der Waals surface area (Å²) in [6.45, 7) is 8.41. The molecule has 0 aromatic carbocycles. The lowest BCUT2D eigenvalue weighted by Gasteiger charge is -2.44. The molecule has 26 heavy (non-hydrogen) atoms. The molecule has 1 aromatic heterocycles. The topological polar surface area (TPSA) is 53.5 Å². The zero-order valence-corrected chi connectivity index (χ0v) is 17.0. The van der Waals surface area contributed by atoms with E-state index in [0.717, 1.165) is 37.3 Å². The Kier molecular flexibility index (Phi) is 4.86. The van der Waals surface area contributed by atoms with Crippen molar-refractivity contribution in [2.75, 3.05) is 13.1 Å². The van der Waals surface area contributed by atoms with Gasteiger partial charge in [0, 0.05) is 23.8 Å². The minimum atomic E-state index is -3.46. The summed E-state index contributed by atoms with van der Waals surface area (Å²) in [4.78, 5) is 7.41. The fourth-order valence-corrected chi connectivity index (χ4v) is 7.30. The van der Waals surface area contributed by atoms with E-state index in [4.69, 9.17) is 0 Å². The number of likely N-dealkylation sites (tertiary alicyclic amines) is 1. The van der Waals surface area contributed by atoms with Crippen LogP contribution in [0.5, 0.6) is 0 Å². The van der Waals surface area contributed by atoms with Crippen molar-refractivity contribution >= 4 is 10.0 Å². The Hall–Kier alpha value is -0.980. The van der Waals surface area contributed by atoms with Crippen molar-refractivity contribution in [1.82, 2.24) is 14.2 Å². The quantitative estimate of drug-likeness (QED) is 0.812. The number of sulfonamides is 1. The van der Waals surface area contributed by atoms with Gasteiger partial charge in [-0.2, -0.15) is 4.31 Å². The summed E-state index contributed by atoms with van der Waals surface area (Å²) in [5.74, 6) is 0.834. The van der Waals surface area contributed by atoms with E-state index in [0.29, 0.717) is 16.6 Å². The van der Waals surface area contributed by atoms with E-state index in [1.165, 1.54) is 25.9 Å². The molecule has 0 spiro atoms. The lowest BCUT2D eigenvalue weighted by atomic mass is 9.93. The Bertz CT molecular complexity index is 757. The van der Waals surface area contributed by atoms with Gasteiger partial charge in [0.2, 0.25) is 10.0 Å². The predicted molar refractivity (Wildman–Crippen MR) is 103 cm³/mol. The van der Waals surface area contributed by atoms with Crippen molar-refractivity contribution < 1.29 is 8.42 Å². The zero-order valence-electron chi connectivity index (χ0n) is 16.2. The van der Waals surface area contributed by atoms with Crippen LogP contribution < -0.4 is 0 Å². The maximum Gasteiger partial charge on any atom is 0.245 e. The van der Waals surface area contributed by atoms with E-state index in [-0.39, 0.29) is 12.1 Å². The summed E-state index contributed by atoms with van der Waals surface area (Å²) in [6, 6.07) is 4.42. The second-order valence-electron chi connectivity index (χ2n) is 8.60. The molecule has 3 fully saturated rings. The van der Waals surface area contributed by atoms with Crippen LogP contribution >= 0.6 is 0 Å². The van der Waals surface area contributed by atoms with Gasteiger partial charge in [-0.1, -0.05) is 6.92 Å². The Morgan fingerprint density at radius 3 is 2.15 bits per heavy atom. The molecular weight excluding hydrogens is 346 g/mol. The number of nitrogens with zero attached hydrogens (tertiary/aromatic N) is 3. The molecule has 5 nitrogen and oxygen atoms in total. The van der Waals surface area contributed by atoms with Crippen LogP contribution in [0.3, 0.4) is 0 Å².